The third-order valence-corrected chi connectivity index (χ3v) is 6.99. The first-order chi connectivity index (χ1) is 15.7. The highest BCUT2D eigenvalue weighted by Crippen LogP contribution is 2.36. The molecular formula is C23H25BrClFN4O3. The molecule has 1 aromatic heterocycles. The average molecular weight is 540 g/mol. The molecule has 0 amide bonds. The van der Waals surface area contributed by atoms with Crippen molar-refractivity contribution >= 4 is 49.9 Å². The Morgan fingerprint density at radius 1 is 1.27 bits per heavy atom. The zero-order valence-corrected chi connectivity index (χ0v) is 21.1. The molecule has 1 saturated heterocycles. The minimum Gasteiger partial charge on any atom is -0.493 e. The lowest BCUT2D eigenvalue weighted by Crippen LogP contribution is -2.55. The monoisotopic (exact) mass is 538 g/mol. The minimum atomic E-state index is -0.467. The Kier molecular flexibility index (Phi) is 6.95. The lowest BCUT2D eigenvalue weighted by molar-refractivity contribution is -0.100. The van der Waals surface area contributed by atoms with Crippen LogP contribution in [0.2, 0.25) is 5.02 Å². The van der Waals surface area contributed by atoms with E-state index < -0.39 is 5.82 Å². The maximum absolute atomic E-state index is 14.4. The van der Waals surface area contributed by atoms with Crippen LogP contribution in [0, 0.1) is 5.82 Å². The Balaban J connectivity index is 1.58. The molecule has 7 nitrogen and oxygen atoms in total. The summed E-state index contributed by atoms with van der Waals surface area (Å²) in [7, 11) is 3.64. The second-order valence-electron chi connectivity index (χ2n) is 8.55. The number of ether oxygens (including phenoxy) is 3. The molecular weight excluding hydrogens is 515 g/mol. The molecule has 1 N–H and O–H groups in total. The van der Waals surface area contributed by atoms with Gasteiger partial charge in [-0.1, -0.05) is 11.6 Å². The zero-order valence-electron chi connectivity index (χ0n) is 18.8. The van der Waals surface area contributed by atoms with Crippen molar-refractivity contribution in [3.63, 3.8) is 0 Å². The van der Waals surface area contributed by atoms with Crippen LogP contribution in [0.5, 0.6) is 11.5 Å². The summed E-state index contributed by atoms with van der Waals surface area (Å²) in [6.45, 7) is 6.07. The first kappa shape index (κ1) is 23.9. The van der Waals surface area contributed by atoms with E-state index in [2.05, 4.69) is 57.0 Å². The van der Waals surface area contributed by atoms with Crippen LogP contribution in [0.4, 0.5) is 15.9 Å². The van der Waals surface area contributed by atoms with Gasteiger partial charge in [-0.3, -0.25) is 4.90 Å². The molecule has 1 atom stereocenters. The molecule has 4 rings (SSSR count). The normalized spacial score (nSPS) is 18.3. The van der Waals surface area contributed by atoms with Crippen molar-refractivity contribution in [3.8, 4) is 11.5 Å². The molecule has 33 heavy (non-hydrogen) atoms. The number of nitrogens with one attached hydrogen (secondary N) is 1. The topological polar surface area (TPSA) is 68.7 Å². The number of aromatic nitrogens is 2. The van der Waals surface area contributed by atoms with Crippen LogP contribution in [-0.4, -0.2) is 60.4 Å². The highest BCUT2D eigenvalue weighted by atomic mass is 79.9. The predicted molar refractivity (Wildman–Crippen MR) is 130 cm³/mol. The van der Waals surface area contributed by atoms with Crippen molar-refractivity contribution in [2.24, 2.45) is 0 Å². The lowest BCUT2D eigenvalue weighted by Gasteiger charge is -2.43. The first-order valence-corrected chi connectivity index (χ1v) is 11.5. The van der Waals surface area contributed by atoms with E-state index in [0.29, 0.717) is 50.9 Å². The van der Waals surface area contributed by atoms with E-state index in [9.17, 15) is 4.39 Å². The number of halogens is 3. The van der Waals surface area contributed by atoms with Crippen LogP contribution in [0.15, 0.2) is 35.1 Å². The summed E-state index contributed by atoms with van der Waals surface area (Å²) in [4.78, 5) is 10.9. The zero-order chi connectivity index (χ0) is 23.8. The van der Waals surface area contributed by atoms with Crippen LogP contribution in [0.3, 0.4) is 0 Å². The van der Waals surface area contributed by atoms with Gasteiger partial charge in [0.1, 0.15) is 30.7 Å². The summed E-state index contributed by atoms with van der Waals surface area (Å²) < 4.78 is 32.5. The van der Waals surface area contributed by atoms with Crippen LogP contribution < -0.4 is 14.8 Å². The van der Waals surface area contributed by atoms with E-state index in [0.717, 1.165) is 6.54 Å². The molecule has 3 aromatic rings. The van der Waals surface area contributed by atoms with Crippen LogP contribution >= 0.6 is 27.5 Å². The molecule has 2 heterocycles. The second kappa shape index (κ2) is 9.58. The minimum absolute atomic E-state index is 0.00397. The number of benzene rings is 2. The van der Waals surface area contributed by atoms with Crippen molar-refractivity contribution in [1.29, 1.82) is 0 Å². The molecule has 0 bridgehead atoms. The highest BCUT2D eigenvalue weighted by Gasteiger charge is 2.32. The summed E-state index contributed by atoms with van der Waals surface area (Å²) in [5, 5.41) is 4.02. The van der Waals surface area contributed by atoms with Gasteiger partial charge in [-0.2, -0.15) is 0 Å². The van der Waals surface area contributed by atoms with Crippen molar-refractivity contribution in [2.75, 3.05) is 39.2 Å². The number of hydrogen-bond donors (Lipinski definition) is 1. The molecule has 0 spiro atoms. The van der Waals surface area contributed by atoms with Gasteiger partial charge in [0.05, 0.1) is 29.9 Å². The van der Waals surface area contributed by atoms with Crippen molar-refractivity contribution < 1.29 is 18.6 Å². The van der Waals surface area contributed by atoms with Gasteiger partial charge < -0.3 is 19.5 Å². The molecule has 1 fully saturated rings. The van der Waals surface area contributed by atoms with Crippen molar-refractivity contribution in [2.45, 2.75) is 25.5 Å². The molecule has 1 aliphatic rings. The van der Waals surface area contributed by atoms with Crippen LogP contribution in [-0.2, 0) is 4.74 Å². The largest absolute Gasteiger partial charge is 0.493 e. The van der Waals surface area contributed by atoms with Gasteiger partial charge in [-0.15, -0.1) is 0 Å². The molecule has 0 aliphatic carbocycles. The van der Waals surface area contributed by atoms with Gasteiger partial charge in [0.15, 0.2) is 11.5 Å². The van der Waals surface area contributed by atoms with Crippen LogP contribution in [0.1, 0.15) is 13.8 Å². The summed E-state index contributed by atoms with van der Waals surface area (Å²) in [5.41, 5.74) is 0.814. The quantitative estimate of drug-likeness (QED) is 0.419. The number of morpholine rings is 1. The lowest BCUT2D eigenvalue weighted by atomic mass is 10.0. The summed E-state index contributed by atoms with van der Waals surface area (Å²) in [6, 6.07) is 6.34. The Bertz CT molecular complexity index is 1180. The highest BCUT2D eigenvalue weighted by molar-refractivity contribution is 9.10. The average Bonchev–Trinajstić information content (AvgIpc) is 2.78. The maximum Gasteiger partial charge on any atom is 0.163 e. The Hall–Kier alpha value is -2.20. The molecule has 10 heteroatoms. The maximum atomic E-state index is 14.4. The number of nitrogens with zero attached hydrogens (tertiary/aromatic N) is 3. The number of fused-ring (bicyclic) bond motifs is 1. The van der Waals surface area contributed by atoms with Gasteiger partial charge in [-0.05, 0) is 55.0 Å². The predicted octanol–water partition coefficient (Wildman–Crippen LogP) is 5.43. The smallest absolute Gasteiger partial charge is 0.163 e. The van der Waals surface area contributed by atoms with Gasteiger partial charge in [0.2, 0.25) is 0 Å². The molecule has 1 aliphatic heterocycles. The van der Waals surface area contributed by atoms with E-state index in [-0.39, 0.29) is 17.3 Å². The van der Waals surface area contributed by atoms with E-state index >= 15 is 0 Å². The SMILES string of the molecule is COc1cc2c(Nc3cc(Cl)c(Br)cc3F)ncnc2cc1OCC1CN(C)C(C)(C)CO1. The number of methoxy groups -OCH3 is 1. The number of likely N-dealkylation sites (N-methyl/N-ethyl adjacent to an activating group) is 1. The second-order valence-corrected chi connectivity index (χ2v) is 9.81. The molecule has 2 aromatic carbocycles. The Labute approximate surface area is 205 Å². The van der Waals surface area contributed by atoms with Gasteiger partial charge >= 0.3 is 0 Å². The van der Waals surface area contributed by atoms with E-state index in [1.54, 1.807) is 19.2 Å². The summed E-state index contributed by atoms with van der Waals surface area (Å²) in [5.74, 6) is 1.01. The third kappa shape index (κ3) is 5.16. The summed E-state index contributed by atoms with van der Waals surface area (Å²) >= 11 is 9.34. The summed E-state index contributed by atoms with van der Waals surface area (Å²) in [6.07, 6.45) is 1.34. The van der Waals surface area contributed by atoms with Crippen molar-refractivity contribution in [3.05, 3.63) is 45.9 Å². The molecule has 0 saturated carbocycles. The number of hydrogen-bond acceptors (Lipinski definition) is 7. The number of anilines is 2. The fraction of sp³-hybridized carbons (Fsp3) is 0.391. The Morgan fingerprint density at radius 3 is 2.79 bits per heavy atom. The Morgan fingerprint density at radius 2 is 2.06 bits per heavy atom. The molecule has 176 valence electrons. The first-order valence-electron chi connectivity index (χ1n) is 10.4. The van der Waals surface area contributed by atoms with Crippen LogP contribution in [0.25, 0.3) is 10.9 Å². The van der Waals surface area contributed by atoms with E-state index in [4.69, 9.17) is 25.8 Å². The third-order valence-electron chi connectivity index (χ3n) is 5.79. The van der Waals surface area contributed by atoms with Gasteiger partial charge in [-0.25, -0.2) is 14.4 Å². The fourth-order valence-electron chi connectivity index (χ4n) is 3.50. The van der Waals surface area contributed by atoms with Gasteiger partial charge in [0, 0.05) is 28.0 Å². The standard InChI is InChI=1S/C23H25BrClFN4O3/c1-23(2)11-33-13(9-30(23)3)10-32-21-8-18-14(5-20(21)31-4)22(28-12-27-18)29-19-7-16(25)15(24)6-17(19)26/h5-8,12-13H,9-11H2,1-4H3,(H,27,28,29). The van der Waals surface area contributed by atoms with Crippen molar-refractivity contribution in [1.82, 2.24) is 14.9 Å². The fourth-order valence-corrected chi connectivity index (χ4v) is 3.98. The van der Waals surface area contributed by atoms with E-state index in [1.807, 2.05) is 0 Å². The molecule has 0 radical (unpaired) electrons. The number of rotatable bonds is 6. The van der Waals surface area contributed by atoms with Gasteiger partial charge in [0.25, 0.3) is 0 Å². The molecule has 1 unspecified atom stereocenters. The van der Waals surface area contributed by atoms with E-state index in [1.165, 1.54) is 18.5 Å².